The van der Waals surface area contributed by atoms with Crippen LogP contribution in [0.3, 0.4) is 0 Å². The molecule has 7 heteroatoms. The number of aromatic amines is 1. The van der Waals surface area contributed by atoms with E-state index >= 15 is 0 Å². The van der Waals surface area contributed by atoms with E-state index in [1.807, 2.05) is 4.98 Å². The van der Waals surface area contributed by atoms with Gasteiger partial charge in [-0.2, -0.15) is 5.26 Å². The van der Waals surface area contributed by atoms with Crippen LogP contribution in [0.1, 0.15) is 10.4 Å². The van der Waals surface area contributed by atoms with Crippen LogP contribution in [0.2, 0.25) is 0 Å². The van der Waals surface area contributed by atoms with Crippen LogP contribution in [0.25, 0.3) is 0 Å². The molecule has 0 spiro atoms. The van der Waals surface area contributed by atoms with Gasteiger partial charge in [0.15, 0.2) is 0 Å². The largest absolute Gasteiger partial charge is 0.365 e. The van der Waals surface area contributed by atoms with Crippen LogP contribution < -0.4 is 17.0 Å². The van der Waals surface area contributed by atoms with Crippen molar-refractivity contribution < 1.29 is 4.79 Å². The number of carbonyl (C=O) groups excluding carboxylic acids is 1. The minimum atomic E-state index is -0.946. The molecular formula is C7H6N4O3. The van der Waals surface area contributed by atoms with Gasteiger partial charge in [0.25, 0.3) is 11.5 Å². The number of nitrogens with zero attached hydrogens (tertiary/aromatic N) is 2. The third kappa shape index (κ3) is 1.69. The summed E-state index contributed by atoms with van der Waals surface area (Å²) in [6, 6.07) is 1.70. The molecule has 1 rings (SSSR count). The molecule has 0 fully saturated rings. The molecule has 0 aromatic carbocycles. The van der Waals surface area contributed by atoms with Crippen molar-refractivity contribution in [2.45, 2.75) is 6.54 Å². The van der Waals surface area contributed by atoms with E-state index in [1.54, 1.807) is 6.07 Å². The van der Waals surface area contributed by atoms with Gasteiger partial charge in [-0.05, 0) is 0 Å². The highest BCUT2D eigenvalue weighted by Crippen LogP contribution is 1.85. The first-order valence-corrected chi connectivity index (χ1v) is 3.56. The molecule has 0 bridgehead atoms. The van der Waals surface area contributed by atoms with Crippen LogP contribution in [-0.4, -0.2) is 15.5 Å². The molecule has 1 heterocycles. The molecule has 0 aliphatic heterocycles. The second-order valence-corrected chi connectivity index (χ2v) is 2.45. The Morgan fingerprint density at radius 3 is 2.79 bits per heavy atom. The number of carbonyl (C=O) groups is 1. The average molecular weight is 194 g/mol. The average Bonchev–Trinajstić information content (AvgIpc) is 2.09. The second-order valence-electron chi connectivity index (χ2n) is 2.45. The van der Waals surface area contributed by atoms with E-state index < -0.39 is 17.2 Å². The molecule has 7 nitrogen and oxygen atoms in total. The summed E-state index contributed by atoms with van der Waals surface area (Å²) in [6.07, 6.45) is 0.965. The van der Waals surface area contributed by atoms with Crippen LogP contribution in [-0.2, 0) is 6.54 Å². The SMILES string of the molecule is N#CCn1cc(C(N)=O)c(=O)[nH]c1=O. The van der Waals surface area contributed by atoms with Crippen molar-refractivity contribution in [1.82, 2.24) is 9.55 Å². The molecule has 0 unspecified atom stereocenters. The van der Waals surface area contributed by atoms with Crippen molar-refractivity contribution in [3.8, 4) is 6.07 Å². The van der Waals surface area contributed by atoms with Gasteiger partial charge >= 0.3 is 5.69 Å². The Bertz CT molecular complexity index is 519. The van der Waals surface area contributed by atoms with Gasteiger partial charge in [0.1, 0.15) is 12.1 Å². The first-order chi connectivity index (χ1) is 6.56. The standard InChI is InChI=1S/C7H6N4O3/c8-1-2-11-3-4(5(9)12)6(13)10-7(11)14/h3H,2H2,(H2,9,12)(H,10,13,14). The summed E-state index contributed by atoms with van der Waals surface area (Å²) in [5, 5.41) is 8.33. The Hall–Kier alpha value is -2.36. The highest BCUT2D eigenvalue weighted by atomic mass is 16.2. The Morgan fingerprint density at radius 2 is 2.29 bits per heavy atom. The number of hydrogen-bond acceptors (Lipinski definition) is 4. The van der Waals surface area contributed by atoms with E-state index in [-0.39, 0.29) is 12.1 Å². The number of primary amides is 1. The number of nitrogens with one attached hydrogen (secondary N) is 1. The van der Waals surface area contributed by atoms with E-state index in [2.05, 4.69) is 0 Å². The van der Waals surface area contributed by atoms with Crippen LogP contribution in [0.4, 0.5) is 0 Å². The second kappa shape index (κ2) is 3.57. The molecule has 14 heavy (non-hydrogen) atoms. The summed E-state index contributed by atoms with van der Waals surface area (Å²) in [5.41, 5.74) is 2.93. The van der Waals surface area contributed by atoms with Gasteiger partial charge < -0.3 is 5.73 Å². The monoisotopic (exact) mass is 194 g/mol. The topological polar surface area (TPSA) is 122 Å². The number of nitrogens with two attached hydrogens (primary N) is 1. The number of aromatic nitrogens is 2. The third-order valence-electron chi connectivity index (χ3n) is 1.52. The number of rotatable bonds is 2. The third-order valence-corrected chi connectivity index (χ3v) is 1.52. The first-order valence-electron chi connectivity index (χ1n) is 3.56. The van der Waals surface area contributed by atoms with Gasteiger partial charge in [0.2, 0.25) is 0 Å². The zero-order chi connectivity index (χ0) is 10.7. The lowest BCUT2D eigenvalue weighted by atomic mass is 10.3. The normalized spacial score (nSPS) is 9.36. The Morgan fingerprint density at radius 1 is 1.64 bits per heavy atom. The van der Waals surface area contributed by atoms with E-state index in [9.17, 15) is 14.4 Å². The summed E-state index contributed by atoms with van der Waals surface area (Å²) in [7, 11) is 0. The van der Waals surface area contributed by atoms with Gasteiger partial charge in [-0.1, -0.05) is 0 Å². The maximum absolute atomic E-state index is 11.0. The van der Waals surface area contributed by atoms with Crippen LogP contribution in [0, 0.1) is 11.3 Å². The molecule has 0 saturated heterocycles. The molecule has 1 aromatic rings. The fraction of sp³-hybridized carbons (Fsp3) is 0.143. The predicted molar refractivity (Wildman–Crippen MR) is 45.5 cm³/mol. The molecule has 0 atom stereocenters. The molecule has 1 amide bonds. The summed E-state index contributed by atoms with van der Waals surface area (Å²) in [6.45, 7) is -0.254. The molecule has 0 aliphatic rings. The summed E-state index contributed by atoms with van der Waals surface area (Å²) in [4.78, 5) is 34.6. The Balaban J connectivity index is 3.44. The van der Waals surface area contributed by atoms with Gasteiger partial charge in [-0.15, -0.1) is 0 Å². The molecule has 0 saturated carbocycles. The summed E-state index contributed by atoms with van der Waals surface area (Å²) >= 11 is 0. The molecular weight excluding hydrogens is 188 g/mol. The summed E-state index contributed by atoms with van der Waals surface area (Å²) in [5.74, 6) is -0.946. The highest BCUT2D eigenvalue weighted by Gasteiger charge is 2.08. The van der Waals surface area contributed by atoms with E-state index in [1.165, 1.54) is 0 Å². The lowest BCUT2D eigenvalue weighted by molar-refractivity contribution is 0.0998. The van der Waals surface area contributed by atoms with Gasteiger partial charge in [-0.25, -0.2) is 4.79 Å². The van der Waals surface area contributed by atoms with Crippen molar-refractivity contribution in [3.05, 3.63) is 32.6 Å². The van der Waals surface area contributed by atoms with Crippen LogP contribution in [0.15, 0.2) is 15.8 Å². The fourth-order valence-electron chi connectivity index (χ4n) is 0.878. The lowest BCUT2D eigenvalue weighted by Crippen LogP contribution is -2.34. The van der Waals surface area contributed by atoms with Crippen LogP contribution >= 0.6 is 0 Å². The van der Waals surface area contributed by atoms with E-state index in [0.717, 1.165) is 10.8 Å². The van der Waals surface area contributed by atoms with Crippen molar-refractivity contribution in [3.63, 3.8) is 0 Å². The van der Waals surface area contributed by atoms with Crippen molar-refractivity contribution >= 4 is 5.91 Å². The number of nitriles is 1. The minimum absolute atomic E-state index is 0.254. The molecule has 3 N–H and O–H groups in total. The molecule has 0 aliphatic carbocycles. The fourth-order valence-corrected chi connectivity index (χ4v) is 0.878. The van der Waals surface area contributed by atoms with Crippen molar-refractivity contribution in [2.75, 3.05) is 0 Å². The maximum atomic E-state index is 11.0. The number of H-pyrrole nitrogens is 1. The van der Waals surface area contributed by atoms with Crippen molar-refractivity contribution in [2.24, 2.45) is 5.73 Å². The summed E-state index contributed by atoms with van der Waals surface area (Å²) < 4.78 is 0.890. The van der Waals surface area contributed by atoms with Crippen molar-refractivity contribution in [1.29, 1.82) is 5.26 Å². The molecule has 72 valence electrons. The number of hydrogen-bond donors (Lipinski definition) is 2. The molecule has 0 radical (unpaired) electrons. The zero-order valence-electron chi connectivity index (χ0n) is 6.98. The maximum Gasteiger partial charge on any atom is 0.329 e. The van der Waals surface area contributed by atoms with Gasteiger partial charge in [0.05, 0.1) is 6.07 Å². The predicted octanol–water partition coefficient (Wildman–Crippen LogP) is -1.84. The first kappa shape index (κ1) is 9.73. The van der Waals surface area contributed by atoms with E-state index in [4.69, 9.17) is 11.0 Å². The molecule has 1 aromatic heterocycles. The quantitative estimate of drug-likeness (QED) is 0.574. The highest BCUT2D eigenvalue weighted by molar-refractivity contribution is 5.91. The smallest absolute Gasteiger partial charge is 0.329 e. The lowest BCUT2D eigenvalue weighted by Gasteiger charge is -1.99. The zero-order valence-corrected chi connectivity index (χ0v) is 6.98. The Kier molecular flexibility index (Phi) is 2.48. The number of amides is 1. The van der Waals surface area contributed by atoms with E-state index in [0.29, 0.717) is 0 Å². The van der Waals surface area contributed by atoms with Crippen LogP contribution in [0.5, 0.6) is 0 Å². The van der Waals surface area contributed by atoms with Gasteiger partial charge in [-0.3, -0.25) is 19.1 Å². The Labute approximate surface area is 77.4 Å². The minimum Gasteiger partial charge on any atom is -0.365 e. The van der Waals surface area contributed by atoms with Gasteiger partial charge in [0, 0.05) is 6.20 Å².